The molecule has 2 aliphatic rings. The first-order chi connectivity index (χ1) is 10.3. The molecule has 0 aromatic heterocycles. The maximum atomic E-state index is 4.69. The van der Waals surface area contributed by atoms with Gasteiger partial charge in [-0.05, 0) is 37.5 Å². The van der Waals surface area contributed by atoms with Crippen molar-refractivity contribution >= 4 is 11.6 Å². The molecule has 3 rings (SSSR count). The highest BCUT2D eigenvalue weighted by Gasteiger charge is 2.22. The van der Waals surface area contributed by atoms with Gasteiger partial charge in [0.05, 0.1) is 6.54 Å². The van der Waals surface area contributed by atoms with Crippen molar-refractivity contribution in [2.75, 3.05) is 24.5 Å². The summed E-state index contributed by atoms with van der Waals surface area (Å²) in [4.78, 5) is 7.05. The van der Waals surface area contributed by atoms with Crippen LogP contribution in [0.4, 0.5) is 5.69 Å². The van der Waals surface area contributed by atoms with E-state index in [-0.39, 0.29) is 0 Å². The fourth-order valence-corrected chi connectivity index (χ4v) is 2.45. The second kappa shape index (κ2) is 6.66. The number of nitrogens with zero attached hydrogens (tertiary/aromatic N) is 2. The summed E-state index contributed by atoms with van der Waals surface area (Å²) in [5, 5.41) is 6.76. The van der Waals surface area contributed by atoms with Crippen LogP contribution in [-0.4, -0.2) is 31.6 Å². The normalized spacial score (nSPS) is 18.1. The van der Waals surface area contributed by atoms with Crippen molar-refractivity contribution in [1.82, 2.24) is 10.6 Å². The van der Waals surface area contributed by atoms with Gasteiger partial charge in [-0.1, -0.05) is 24.3 Å². The summed E-state index contributed by atoms with van der Waals surface area (Å²) >= 11 is 0. The van der Waals surface area contributed by atoms with Crippen LogP contribution >= 0.6 is 0 Å². The number of hydrogen-bond donors (Lipinski definition) is 2. The lowest BCUT2D eigenvalue weighted by atomic mass is 10.2. The molecule has 4 heteroatoms. The van der Waals surface area contributed by atoms with Gasteiger partial charge in [-0.15, -0.1) is 0 Å². The standard InChI is InChI=1S/C17H24N4/c1-2-18-17(20-15-8-9-15)19-13-14-6-5-7-16(12-14)21-10-3-4-11-21/h3-7,12,15H,2,8-11,13H2,1H3,(H2,18,19,20). The minimum Gasteiger partial charge on any atom is -0.364 e. The highest BCUT2D eigenvalue weighted by atomic mass is 15.2. The van der Waals surface area contributed by atoms with E-state index in [4.69, 9.17) is 4.99 Å². The van der Waals surface area contributed by atoms with E-state index >= 15 is 0 Å². The van der Waals surface area contributed by atoms with E-state index in [1.54, 1.807) is 0 Å². The van der Waals surface area contributed by atoms with Gasteiger partial charge < -0.3 is 15.5 Å². The van der Waals surface area contributed by atoms with Gasteiger partial charge >= 0.3 is 0 Å². The number of guanidine groups is 1. The predicted octanol–water partition coefficient (Wildman–Crippen LogP) is 2.28. The first kappa shape index (κ1) is 14.0. The molecule has 0 bridgehead atoms. The smallest absolute Gasteiger partial charge is 0.191 e. The molecule has 1 aromatic rings. The van der Waals surface area contributed by atoms with Crippen molar-refractivity contribution in [3.05, 3.63) is 42.0 Å². The molecule has 21 heavy (non-hydrogen) atoms. The van der Waals surface area contributed by atoms with Crippen LogP contribution in [0.25, 0.3) is 0 Å². The monoisotopic (exact) mass is 284 g/mol. The Morgan fingerprint density at radius 3 is 2.81 bits per heavy atom. The molecule has 0 spiro atoms. The van der Waals surface area contributed by atoms with Crippen LogP contribution in [0.2, 0.25) is 0 Å². The van der Waals surface area contributed by atoms with Crippen molar-refractivity contribution in [2.45, 2.75) is 32.4 Å². The average molecular weight is 284 g/mol. The summed E-state index contributed by atoms with van der Waals surface area (Å²) in [5.41, 5.74) is 2.54. The summed E-state index contributed by atoms with van der Waals surface area (Å²) in [6.45, 7) is 5.75. The second-order valence-corrected chi connectivity index (χ2v) is 5.66. The molecule has 1 aromatic carbocycles. The summed E-state index contributed by atoms with van der Waals surface area (Å²) in [6, 6.07) is 9.33. The van der Waals surface area contributed by atoms with Gasteiger partial charge in [0.15, 0.2) is 5.96 Å². The Morgan fingerprint density at radius 1 is 1.29 bits per heavy atom. The lowest BCUT2D eigenvalue weighted by Crippen LogP contribution is -2.38. The molecule has 1 saturated carbocycles. The van der Waals surface area contributed by atoms with Crippen molar-refractivity contribution < 1.29 is 0 Å². The fraction of sp³-hybridized carbons (Fsp3) is 0.471. The van der Waals surface area contributed by atoms with Gasteiger partial charge in [-0.25, -0.2) is 4.99 Å². The Labute approximate surface area is 126 Å². The molecule has 0 atom stereocenters. The van der Waals surface area contributed by atoms with Crippen LogP contribution in [0.15, 0.2) is 41.4 Å². The van der Waals surface area contributed by atoms with Gasteiger partial charge in [0.25, 0.3) is 0 Å². The lowest BCUT2D eigenvalue weighted by molar-refractivity contribution is 0.812. The van der Waals surface area contributed by atoms with E-state index < -0.39 is 0 Å². The molecule has 1 heterocycles. The zero-order valence-corrected chi connectivity index (χ0v) is 12.7. The van der Waals surface area contributed by atoms with Gasteiger partial charge in [-0.3, -0.25) is 0 Å². The fourth-order valence-electron chi connectivity index (χ4n) is 2.45. The van der Waals surface area contributed by atoms with Crippen LogP contribution in [0.1, 0.15) is 25.3 Å². The molecular formula is C17H24N4. The number of rotatable bonds is 5. The van der Waals surface area contributed by atoms with Crippen LogP contribution in [0, 0.1) is 0 Å². The second-order valence-electron chi connectivity index (χ2n) is 5.66. The lowest BCUT2D eigenvalue weighted by Gasteiger charge is -2.18. The molecule has 0 amide bonds. The largest absolute Gasteiger partial charge is 0.364 e. The molecule has 112 valence electrons. The third kappa shape index (κ3) is 4.00. The molecular weight excluding hydrogens is 260 g/mol. The third-order valence-corrected chi connectivity index (χ3v) is 3.78. The SMILES string of the molecule is CCNC(=NCc1cccc(N2CC=CC2)c1)NC1CC1. The van der Waals surface area contributed by atoms with Gasteiger partial charge in [0.1, 0.15) is 0 Å². The van der Waals surface area contributed by atoms with Crippen LogP contribution in [0.5, 0.6) is 0 Å². The molecule has 1 aliphatic heterocycles. The number of benzene rings is 1. The zero-order chi connectivity index (χ0) is 14.5. The first-order valence-electron chi connectivity index (χ1n) is 7.89. The topological polar surface area (TPSA) is 39.7 Å². The van der Waals surface area contributed by atoms with Gasteiger partial charge in [0, 0.05) is 31.4 Å². The van der Waals surface area contributed by atoms with Crippen LogP contribution in [-0.2, 0) is 6.54 Å². The van der Waals surface area contributed by atoms with Crippen molar-refractivity contribution in [3.63, 3.8) is 0 Å². The number of aliphatic imine (C=N–C) groups is 1. The minimum absolute atomic E-state index is 0.629. The molecule has 0 unspecified atom stereocenters. The molecule has 2 N–H and O–H groups in total. The average Bonchev–Trinajstić information content (AvgIpc) is 3.15. The number of hydrogen-bond acceptors (Lipinski definition) is 2. The predicted molar refractivity (Wildman–Crippen MR) is 88.8 cm³/mol. The summed E-state index contributed by atoms with van der Waals surface area (Å²) < 4.78 is 0. The van der Waals surface area contributed by atoms with E-state index in [1.807, 2.05) is 0 Å². The van der Waals surface area contributed by atoms with E-state index in [1.165, 1.54) is 24.1 Å². The minimum atomic E-state index is 0.629. The Hall–Kier alpha value is -1.97. The number of anilines is 1. The summed E-state index contributed by atoms with van der Waals surface area (Å²) in [7, 11) is 0. The molecule has 4 nitrogen and oxygen atoms in total. The summed E-state index contributed by atoms with van der Waals surface area (Å²) in [5.74, 6) is 0.938. The first-order valence-corrected chi connectivity index (χ1v) is 7.89. The van der Waals surface area contributed by atoms with Crippen molar-refractivity contribution in [3.8, 4) is 0 Å². The summed E-state index contributed by atoms with van der Waals surface area (Å²) in [6.07, 6.45) is 6.96. The quantitative estimate of drug-likeness (QED) is 0.495. The van der Waals surface area contributed by atoms with Crippen molar-refractivity contribution in [2.24, 2.45) is 4.99 Å². The van der Waals surface area contributed by atoms with Crippen LogP contribution < -0.4 is 15.5 Å². The van der Waals surface area contributed by atoms with Gasteiger partial charge in [0.2, 0.25) is 0 Å². The van der Waals surface area contributed by atoms with Crippen LogP contribution in [0.3, 0.4) is 0 Å². The van der Waals surface area contributed by atoms with E-state index in [0.717, 1.165) is 32.1 Å². The Kier molecular flexibility index (Phi) is 4.43. The highest BCUT2D eigenvalue weighted by molar-refractivity contribution is 5.80. The Balaban J connectivity index is 1.63. The van der Waals surface area contributed by atoms with Crippen molar-refractivity contribution in [1.29, 1.82) is 0 Å². The van der Waals surface area contributed by atoms with E-state index in [0.29, 0.717) is 6.04 Å². The molecule has 0 saturated heterocycles. The van der Waals surface area contributed by atoms with Gasteiger partial charge in [-0.2, -0.15) is 0 Å². The molecule has 0 radical (unpaired) electrons. The third-order valence-electron chi connectivity index (χ3n) is 3.78. The Bertz CT molecular complexity index is 523. The molecule has 1 aliphatic carbocycles. The highest BCUT2D eigenvalue weighted by Crippen LogP contribution is 2.20. The Morgan fingerprint density at radius 2 is 2.10 bits per heavy atom. The molecule has 1 fully saturated rings. The van der Waals surface area contributed by atoms with E-state index in [2.05, 4.69) is 58.9 Å². The zero-order valence-electron chi connectivity index (χ0n) is 12.7. The number of nitrogens with one attached hydrogen (secondary N) is 2. The maximum Gasteiger partial charge on any atom is 0.191 e. The van der Waals surface area contributed by atoms with E-state index in [9.17, 15) is 0 Å². The maximum absolute atomic E-state index is 4.69.